The second-order valence-corrected chi connectivity index (χ2v) is 5.76. The highest BCUT2D eigenvalue weighted by molar-refractivity contribution is 5.99. The van der Waals surface area contributed by atoms with Gasteiger partial charge >= 0.3 is 0 Å². The lowest BCUT2D eigenvalue weighted by molar-refractivity contribution is -0.385. The van der Waals surface area contributed by atoms with Crippen LogP contribution in [0.1, 0.15) is 30.6 Å². The largest absolute Gasteiger partial charge is 0.486 e. The molecule has 0 bridgehead atoms. The van der Waals surface area contributed by atoms with Crippen LogP contribution in [0.4, 0.5) is 5.69 Å². The maximum Gasteiger partial charge on any atom is 0.286 e. The molecule has 0 radical (unpaired) electrons. The summed E-state index contributed by atoms with van der Waals surface area (Å²) in [5.74, 6) is 0.158. The summed E-state index contributed by atoms with van der Waals surface area (Å²) in [7, 11) is 1.98. The first kappa shape index (κ1) is 18.0. The Morgan fingerprint density at radius 1 is 1.38 bits per heavy atom. The van der Waals surface area contributed by atoms with Crippen molar-refractivity contribution in [3.8, 4) is 11.5 Å². The molecule has 1 N–H and O–H groups in total. The molecule has 1 aromatic rings. The number of nitro benzene ring substituents is 1. The van der Waals surface area contributed by atoms with Gasteiger partial charge in [0.2, 0.25) is 0 Å². The van der Waals surface area contributed by atoms with Gasteiger partial charge in [0.1, 0.15) is 18.8 Å². The molecule has 1 aliphatic heterocycles. The second kappa shape index (κ2) is 7.96. The van der Waals surface area contributed by atoms with Crippen LogP contribution in [0, 0.1) is 10.1 Å². The third kappa shape index (κ3) is 4.14. The Labute approximate surface area is 140 Å². The Bertz CT molecular complexity index is 620. The average molecular weight is 337 g/mol. The molecular formula is C16H23N3O5. The van der Waals surface area contributed by atoms with E-state index in [1.165, 1.54) is 12.1 Å². The molecule has 1 amide bonds. The summed E-state index contributed by atoms with van der Waals surface area (Å²) < 4.78 is 10.7. The van der Waals surface area contributed by atoms with Gasteiger partial charge in [0.25, 0.3) is 11.6 Å². The molecule has 1 heterocycles. The van der Waals surface area contributed by atoms with Gasteiger partial charge in [-0.3, -0.25) is 14.9 Å². The number of hydrogen-bond donors (Lipinski definition) is 1. The molecule has 0 aliphatic carbocycles. The van der Waals surface area contributed by atoms with Gasteiger partial charge in [-0.2, -0.15) is 0 Å². The smallest absolute Gasteiger partial charge is 0.286 e. The average Bonchev–Trinajstić information content (AvgIpc) is 2.59. The molecule has 2 rings (SSSR count). The Kier molecular flexibility index (Phi) is 5.97. The standard InChI is InChI=1S/C16H23N3O5/c1-4-11(2)18(3)6-5-17-16(20)12-9-14-15(24-8-7-23-14)10-13(12)19(21)22/h9-11H,4-8H2,1-3H3,(H,17,20)/t11-/m0/s1. The molecule has 1 aliphatic rings. The first-order valence-electron chi connectivity index (χ1n) is 8.00. The van der Waals surface area contributed by atoms with Crippen LogP contribution in [0.15, 0.2) is 12.1 Å². The summed E-state index contributed by atoms with van der Waals surface area (Å²) in [6.07, 6.45) is 1.01. The number of amides is 1. The van der Waals surface area contributed by atoms with Crippen molar-refractivity contribution in [2.45, 2.75) is 26.3 Å². The van der Waals surface area contributed by atoms with Gasteiger partial charge in [-0.1, -0.05) is 6.92 Å². The molecule has 1 atom stereocenters. The van der Waals surface area contributed by atoms with Crippen molar-refractivity contribution in [2.24, 2.45) is 0 Å². The number of rotatable bonds is 7. The van der Waals surface area contributed by atoms with Crippen LogP contribution in [-0.2, 0) is 0 Å². The Morgan fingerprint density at radius 2 is 2.00 bits per heavy atom. The number of fused-ring (bicyclic) bond motifs is 1. The Balaban J connectivity index is 2.09. The zero-order valence-electron chi connectivity index (χ0n) is 14.2. The fourth-order valence-corrected chi connectivity index (χ4v) is 2.38. The number of carbonyl (C=O) groups excluding carboxylic acids is 1. The number of nitrogens with zero attached hydrogens (tertiary/aromatic N) is 2. The van der Waals surface area contributed by atoms with Crippen LogP contribution < -0.4 is 14.8 Å². The minimum atomic E-state index is -0.585. The van der Waals surface area contributed by atoms with Crippen LogP contribution in [0.3, 0.4) is 0 Å². The fourth-order valence-electron chi connectivity index (χ4n) is 2.38. The van der Waals surface area contributed by atoms with E-state index < -0.39 is 10.8 Å². The molecule has 0 spiro atoms. The maximum atomic E-state index is 12.3. The molecule has 0 saturated carbocycles. The highest BCUT2D eigenvalue weighted by Gasteiger charge is 2.26. The highest BCUT2D eigenvalue weighted by atomic mass is 16.6. The lowest BCUT2D eigenvalue weighted by Gasteiger charge is -2.23. The van der Waals surface area contributed by atoms with Gasteiger partial charge in [0.15, 0.2) is 11.5 Å². The first-order valence-corrected chi connectivity index (χ1v) is 8.00. The molecule has 0 saturated heterocycles. The molecule has 8 nitrogen and oxygen atoms in total. The maximum absolute atomic E-state index is 12.3. The summed E-state index contributed by atoms with van der Waals surface area (Å²) in [6.45, 7) is 5.96. The Hall–Kier alpha value is -2.35. The molecule has 8 heteroatoms. The van der Waals surface area contributed by atoms with Crippen molar-refractivity contribution in [2.75, 3.05) is 33.4 Å². The molecule has 132 valence electrons. The molecule has 0 unspecified atom stereocenters. The van der Waals surface area contributed by atoms with Gasteiger partial charge in [-0.25, -0.2) is 0 Å². The summed E-state index contributed by atoms with van der Waals surface area (Å²) in [5.41, 5.74) is -0.303. The third-order valence-corrected chi connectivity index (χ3v) is 4.20. The van der Waals surface area contributed by atoms with E-state index in [1.807, 2.05) is 7.05 Å². The van der Waals surface area contributed by atoms with E-state index in [1.54, 1.807) is 0 Å². The van der Waals surface area contributed by atoms with Crippen molar-refractivity contribution in [3.63, 3.8) is 0 Å². The van der Waals surface area contributed by atoms with E-state index in [-0.39, 0.29) is 11.3 Å². The summed E-state index contributed by atoms with van der Waals surface area (Å²) >= 11 is 0. The number of benzene rings is 1. The fraction of sp³-hybridized carbons (Fsp3) is 0.562. The zero-order valence-corrected chi connectivity index (χ0v) is 14.2. The summed E-state index contributed by atoms with van der Waals surface area (Å²) in [5, 5.41) is 14.0. The monoisotopic (exact) mass is 337 g/mol. The van der Waals surface area contributed by atoms with Crippen LogP contribution in [0.5, 0.6) is 11.5 Å². The number of ether oxygens (including phenoxy) is 2. The van der Waals surface area contributed by atoms with E-state index in [0.29, 0.717) is 43.8 Å². The van der Waals surface area contributed by atoms with Crippen molar-refractivity contribution in [1.82, 2.24) is 10.2 Å². The van der Waals surface area contributed by atoms with E-state index >= 15 is 0 Å². The number of likely N-dealkylation sites (N-methyl/N-ethyl adjacent to an activating group) is 1. The second-order valence-electron chi connectivity index (χ2n) is 5.76. The van der Waals surface area contributed by atoms with Gasteiger partial charge in [0, 0.05) is 25.2 Å². The molecular weight excluding hydrogens is 314 g/mol. The van der Waals surface area contributed by atoms with Crippen LogP contribution >= 0.6 is 0 Å². The van der Waals surface area contributed by atoms with Crippen LogP contribution in [0.25, 0.3) is 0 Å². The SMILES string of the molecule is CC[C@H](C)N(C)CCNC(=O)c1cc2c(cc1[N+](=O)[O-])OCCO2. The van der Waals surface area contributed by atoms with Crippen molar-refractivity contribution in [1.29, 1.82) is 0 Å². The number of nitrogens with one attached hydrogen (secondary N) is 1. The number of nitro groups is 1. The van der Waals surface area contributed by atoms with Gasteiger partial charge in [-0.05, 0) is 20.4 Å². The zero-order chi connectivity index (χ0) is 17.7. The molecule has 0 fully saturated rings. The van der Waals surface area contributed by atoms with E-state index in [4.69, 9.17) is 9.47 Å². The first-order chi connectivity index (χ1) is 11.4. The highest BCUT2D eigenvalue weighted by Crippen LogP contribution is 2.36. The van der Waals surface area contributed by atoms with Crippen molar-refractivity contribution in [3.05, 3.63) is 27.8 Å². The minimum absolute atomic E-state index is 0.0181. The topological polar surface area (TPSA) is 93.9 Å². The summed E-state index contributed by atoms with van der Waals surface area (Å²) in [4.78, 5) is 25.1. The molecule has 1 aromatic carbocycles. The quantitative estimate of drug-likeness (QED) is 0.602. The lowest BCUT2D eigenvalue weighted by Crippen LogP contribution is -2.37. The van der Waals surface area contributed by atoms with Gasteiger partial charge in [-0.15, -0.1) is 0 Å². The summed E-state index contributed by atoms with van der Waals surface area (Å²) in [6, 6.07) is 3.03. The van der Waals surface area contributed by atoms with Gasteiger partial charge < -0.3 is 19.7 Å². The normalized spacial score (nSPS) is 14.3. The van der Waals surface area contributed by atoms with Crippen molar-refractivity contribution >= 4 is 11.6 Å². The van der Waals surface area contributed by atoms with Gasteiger partial charge in [0.05, 0.1) is 11.0 Å². The van der Waals surface area contributed by atoms with E-state index in [9.17, 15) is 14.9 Å². The minimum Gasteiger partial charge on any atom is -0.486 e. The third-order valence-electron chi connectivity index (χ3n) is 4.20. The predicted molar refractivity (Wildman–Crippen MR) is 88.8 cm³/mol. The van der Waals surface area contributed by atoms with E-state index in [2.05, 4.69) is 24.1 Å². The Morgan fingerprint density at radius 3 is 2.58 bits per heavy atom. The lowest BCUT2D eigenvalue weighted by atomic mass is 10.1. The molecule has 0 aromatic heterocycles. The molecule has 24 heavy (non-hydrogen) atoms. The number of hydrogen-bond acceptors (Lipinski definition) is 6. The number of carbonyl (C=O) groups is 1. The van der Waals surface area contributed by atoms with E-state index in [0.717, 1.165) is 6.42 Å². The van der Waals surface area contributed by atoms with Crippen LogP contribution in [-0.4, -0.2) is 55.1 Å². The predicted octanol–water partition coefficient (Wildman–Crippen LogP) is 1.83. The van der Waals surface area contributed by atoms with Crippen LogP contribution in [0.2, 0.25) is 0 Å². The van der Waals surface area contributed by atoms with Crippen molar-refractivity contribution < 1.29 is 19.2 Å².